The molecule has 0 radical (unpaired) electrons. The van der Waals surface area contributed by atoms with Crippen molar-refractivity contribution in [2.75, 3.05) is 6.54 Å². The van der Waals surface area contributed by atoms with Crippen LogP contribution in [0.15, 0.2) is 67.0 Å². The molecule has 2 unspecified atom stereocenters. The lowest BCUT2D eigenvalue weighted by Gasteiger charge is -2.28. The zero-order valence-electron chi connectivity index (χ0n) is 20.5. The summed E-state index contributed by atoms with van der Waals surface area (Å²) in [6, 6.07) is 13.5. The molecule has 2 aromatic carbocycles. The van der Waals surface area contributed by atoms with Crippen molar-refractivity contribution in [3.8, 4) is 11.4 Å². The first-order valence-corrected chi connectivity index (χ1v) is 12.4. The van der Waals surface area contributed by atoms with E-state index in [0.29, 0.717) is 35.3 Å². The Morgan fingerprint density at radius 1 is 1.13 bits per heavy atom. The van der Waals surface area contributed by atoms with E-state index in [1.807, 2.05) is 4.57 Å². The largest absolute Gasteiger partial charge is 0.573 e. The molecule has 6 rings (SSSR count). The van der Waals surface area contributed by atoms with Crippen LogP contribution in [0.2, 0.25) is 0 Å². The van der Waals surface area contributed by atoms with Crippen LogP contribution in [0.3, 0.4) is 0 Å². The molecule has 1 aliphatic carbocycles. The summed E-state index contributed by atoms with van der Waals surface area (Å²) in [6.07, 6.45) is 0.665. The van der Waals surface area contributed by atoms with E-state index in [2.05, 4.69) is 22.0 Å². The number of halogens is 3. The molecule has 0 amide bonds. The van der Waals surface area contributed by atoms with Crippen molar-refractivity contribution in [2.24, 2.45) is 0 Å². The molecule has 3 heterocycles. The summed E-state index contributed by atoms with van der Waals surface area (Å²) in [6.45, 7) is 2.57. The Bertz CT molecular complexity index is 1510. The molecule has 2 aromatic heterocycles. The number of hydrogen-bond acceptors (Lipinski definition) is 6. The first kappa shape index (κ1) is 24.6. The van der Waals surface area contributed by atoms with Crippen molar-refractivity contribution in [1.82, 2.24) is 19.9 Å². The average Bonchev–Trinajstić information content (AvgIpc) is 3.34. The van der Waals surface area contributed by atoms with Crippen LogP contribution in [0.1, 0.15) is 47.9 Å². The van der Waals surface area contributed by atoms with E-state index < -0.39 is 18.0 Å². The zero-order chi connectivity index (χ0) is 26.7. The van der Waals surface area contributed by atoms with E-state index in [9.17, 15) is 23.1 Å². The molecule has 1 aliphatic heterocycles. The fourth-order valence-corrected chi connectivity index (χ4v) is 5.23. The SMILES string of the molecule is CC1(c2nc3cc(C(=O)C4NCCC4(O)c4cccnc4)ccc3n2-c2ccc(OC(F)(F)F)cc2)CC1. The minimum absolute atomic E-state index is 0.169. The average molecular weight is 523 g/mol. The van der Waals surface area contributed by atoms with Crippen molar-refractivity contribution in [3.63, 3.8) is 0 Å². The molecule has 1 saturated heterocycles. The van der Waals surface area contributed by atoms with Crippen LogP contribution in [0.4, 0.5) is 13.2 Å². The first-order valence-electron chi connectivity index (χ1n) is 12.4. The predicted molar refractivity (Wildman–Crippen MR) is 133 cm³/mol. The number of rotatable bonds is 6. The van der Waals surface area contributed by atoms with Crippen LogP contribution in [-0.2, 0) is 11.0 Å². The molecule has 1 saturated carbocycles. The smallest absolute Gasteiger partial charge is 0.406 e. The van der Waals surface area contributed by atoms with Gasteiger partial charge in [-0.05, 0) is 74.3 Å². The third kappa shape index (κ3) is 4.23. The lowest BCUT2D eigenvalue weighted by Crippen LogP contribution is -2.46. The van der Waals surface area contributed by atoms with Crippen LogP contribution < -0.4 is 10.1 Å². The molecule has 2 fully saturated rings. The highest BCUT2D eigenvalue weighted by Crippen LogP contribution is 2.48. The van der Waals surface area contributed by atoms with Gasteiger partial charge in [0.05, 0.1) is 11.0 Å². The Hall–Kier alpha value is -3.76. The first-order chi connectivity index (χ1) is 18.1. The normalized spacial score (nSPS) is 22.5. The minimum Gasteiger partial charge on any atom is -0.406 e. The molecular formula is C28H25F3N4O3. The van der Waals surface area contributed by atoms with E-state index >= 15 is 0 Å². The van der Waals surface area contributed by atoms with Crippen molar-refractivity contribution in [3.05, 3.63) is 83.9 Å². The van der Waals surface area contributed by atoms with Crippen LogP contribution in [0.5, 0.6) is 5.75 Å². The molecule has 196 valence electrons. The second-order valence-corrected chi connectivity index (χ2v) is 10.2. The summed E-state index contributed by atoms with van der Waals surface area (Å²) in [5, 5.41) is 14.6. The Morgan fingerprint density at radius 3 is 2.55 bits per heavy atom. The van der Waals surface area contributed by atoms with Crippen LogP contribution in [0, 0.1) is 0 Å². The number of aliphatic hydroxyl groups is 1. The third-order valence-corrected chi connectivity index (χ3v) is 7.56. The summed E-state index contributed by atoms with van der Waals surface area (Å²) in [7, 11) is 0. The quantitative estimate of drug-likeness (QED) is 0.354. The van der Waals surface area contributed by atoms with Gasteiger partial charge in [-0.25, -0.2) is 4.98 Å². The fraction of sp³-hybridized carbons (Fsp3) is 0.321. The highest BCUT2D eigenvalue weighted by atomic mass is 19.4. The maximum absolute atomic E-state index is 13.6. The molecule has 2 aliphatic rings. The van der Waals surface area contributed by atoms with Crippen LogP contribution in [-0.4, -0.2) is 44.4 Å². The number of carbonyl (C=O) groups is 1. The third-order valence-electron chi connectivity index (χ3n) is 7.56. The summed E-state index contributed by atoms with van der Waals surface area (Å²) in [5.41, 5.74) is 1.41. The van der Waals surface area contributed by atoms with Crippen molar-refractivity contribution in [2.45, 2.75) is 49.6 Å². The van der Waals surface area contributed by atoms with E-state index in [1.165, 1.54) is 12.1 Å². The van der Waals surface area contributed by atoms with Gasteiger partial charge < -0.3 is 15.2 Å². The van der Waals surface area contributed by atoms with Gasteiger partial charge in [0.2, 0.25) is 0 Å². The molecule has 2 N–H and O–H groups in total. The van der Waals surface area contributed by atoms with Crippen molar-refractivity contribution >= 4 is 16.8 Å². The number of Topliss-reactive ketones (excluding diaryl/α,β-unsaturated/α-hetero) is 1. The Kier molecular flexibility index (Phi) is 5.59. The van der Waals surface area contributed by atoms with E-state index in [1.54, 1.807) is 54.9 Å². The maximum Gasteiger partial charge on any atom is 0.573 e. The Morgan fingerprint density at radius 2 is 1.89 bits per heavy atom. The van der Waals surface area contributed by atoms with E-state index in [0.717, 1.165) is 24.2 Å². The standard InChI is InChI=1S/C28H25F3N4O3/c1-26(10-11-26)25-34-21-15-17(23(36)24-27(37,12-14-33-24)18-3-2-13-32-16-18)4-9-22(21)35(25)19-5-7-20(8-6-19)38-28(29,30)31/h2-9,13,15-16,24,33,37H,10-12,14H2,1H3. The number of pyridine rings is 1. The van der Waals surface area contributed by atoms with Gasteiger partial charge >= 0.3 is 6.36 Å². The maximum atomic E-state index is 13.6. The number of nitrogens with zero attached hydrogens (tertiary/aromatic N) is 3. The molecule has 0 bridgehead atoms. The fourth-order valence-electron chi connectivity index (χ4n) is 5.23. The lowest BCUT2D eigenvalue weighted by atomic mass is 9.84. The number of imidazole rings is 1. The Labute approximate surface area is 216 Å². The number of ketones is 1. The molecule has 4 aromatic rings. The summed E-state index contributed by atoms with van der Waals surface area (Å²) >= 11 is 0. The number of benzene rings is 2. The second-order valence-electron chi connectivity index (χ2n) is 10.2. The van der Waals surface area contributed by atoms with Gasteiger partial charge in [-0.2, -0.15) is 0 Å². The number of nitrogens with one attached hydrogen (secondary N) is 1. The molecule has 0 spiro atoms. The van der Waals surface area contributed by atoms with Gasteiger partial charge in [0.15, 0.2) is 5.78 Å². The zero-order valence-corrected chi connectivity index (χ0v) is 20.5. The highest BCUT2D eigenvalue weighted by Gasteiger charge is 2.47. The van der Waals surface area contributed by atoms with E-state index in [4.69, 9.17) is 4.98 Å². The lowest BCUT2D eigenvalue weighted by molar-refractivity contribution is -0.274. The second kappa shape index (κ2) is 8.64. The molecule has 7 nitrogen and oxygen atoms in total. The number of aromatic nitrogens is 3. The number of fused-ring (bicyclic) bond motifs is 1. The number of ether oxygens (including phenoxy) is 1. The minimum atomic E-state index is -4.77. The van der Waals surface area contributed by atoms with Gasteiger partial charge in [-0.3, -0.25) is 14.3 Å². The van der Waals surface area contributed by atoms with Crippen molar-refractivity contribution in [1.29, 1.82) is 0 Å². The van der Waals surface area contributed by atoms with Crippen molar-refractivity contribution < 1.29 is 27.8 Å². The highest BCUT2D eigenvalue weighted by molar-refractivity contribution is 6.03. The molecular weight excluding hydrogens is 497 g/mol. The molecule has 10 heteroatoms. The van der Waals surface area contributed by atoms with Gasteiger partial charge in [0, 0.05) is 34.6 Å². The summed E-state index contributed by atoms with van der Waals surface area (Å²) < 4.78 is 43.8. The number of hydrogen-bond donors (Lipinski definition) is 2. The predicted octanol–water partition coefficient (Wildman–Crippen LogP) is 4.80. The molecule has 38 heavy (non-hydrogen) atoms. The van der Waals surface area contributed by atoms with Gasteiger partial charge in [0.1, 0.15) is 23.2 Å². The van der Waals surface area contributed by atoms with Gasteiger partial charge in [0.25, 0.3) is 0 Å². The van der Waals surface area contributed by atoms with Gasteiger partial charge in [-0.15, -0.1) is 13.2 Å². The molecule has 2 atom stereocenters. The number of alkyl halides is 3. The van der Waals surface area contributed by atoms with E-state index in [-0.39, 0.29) is 16.9 Å². The van der Waals surface area contributed by atoms with Crippen LogP contribution in [0.25, 0.3) is 16.7 Å². The monoisotopic (exact) mass is 522 g/mol. The Balaban J connectivity index is 1.38. The summed E-state index contributed by atoms with van der Waals surface area (Å²) in [5.74, 6) is 0.230. The summed E-state index contributed by atoms with van der Waals surface area (Å²) in [4.78, 5) is 22.6. The van der Waals surface area contributed by atoms with Gasteiger partial charge in [-0.1, -0.05) is 13.0 Å². The van der Waals surface area contributed by atoms with Crippen LogP contribution >= 0.6 is 0 Å². The number of carbonyl (C=O) groups excluding carboxylic acids is 1. The topological polar surface area (TPSA) is 89.3 Å².